The Morgan fingerprint density at radius 3 is 3.05 bits per heavy atom. The quantitative estimate of drug-likeness (QED) is 0.664. The van der Waals surface area contributed by atoms with Crippen molar-refractivity contribution >= 4 is 17.7 Å². The lowest BCUT2D eigenvalue weighted by molar-refractivity contribution is 0.0924. The number of anilines is 1. The van der Waals surface area contributed by atoms with Crippen LogP contribution in [-0.4, -0.2) is 62.5 Å². The van der Waals surface area contributed by atoms with Crippen LogP contribution in [0.2, 0.25) is 0 Å². The topological polar surface area (TPSA) is 63.9 Å². The Morgan fingerprint density at radius 2 is 2.32 bits per heavy atom. The van der Waals surface area contributed by atoms with Gasteiger partial charge in [0.05, 0.1) is 23.8 Å². The van der Waals surface area contributed by atoms with E-state index in [4.69, 9.17) is 4.74 Å². The van der Waals surface area contributed by atoms with E-state index in [2.05, 4.69) is 28.3 Å². The first kappa shape index (κ1) is 14.7. The summed E-state index contributed by atoms with van der Waals surface area (Å²) in [6.07, 6.45) is 2.77. The molecule has 1 aromatic rings. The van der Waals surface area contributed by atoms with Gasteiger partial charge in [0.1, 0.15) is 17.7 Å². The summed E-state index contributed by atoms with van der Waals surface area (Å²) in [6, 6.07) is 6.33. The number of nitrogens with one attached hydrogen (secondary N) is 1. The second-order valence-corrected chi connectivity index (χ2v) is 6.11. The molecule has 0 spiro atoms. The molecule has 1 saturated heterocycles. The van der Waals surface area contributed by atoms with Crippen molar-refractivity contribution in [1.29, 1.82) is 5.26 Å². The van der Waals surface area contributed by atoms with Crippen molar-refractivity contribution in [2.75, 3.05) is 39.5 Å². The van der Waals surface area contributed by atoms with Gasteiger partial charge < -0.3 is 19.9 Å². The Kier molecular flexibility index (Phi) is 3.90. The first-order chi connectivity index (χ1) is 10.6. The second-order valence-electron chi connectivity index (χ2n) is 6.11. The third kappa shape index (κ3) is 2.72. The molecule has 22 heavy (non-hydrogen) atoms. The standard InChI is InChI=1S/C16H21N5O/c1-20(2)10-18-12-4-5-13-16(11(12)8-17)22-15-6-7-21(3)9-14(15)19-13/h4-5,10,14-15,19H,6-7,9H2,1-3H3/t14-,15-/m1/s1. The number of nitrogens with zero attached hydrogens (tertiary/aromatic N) is 4. The van der Waals surface area contributed by atoms with Crippen LogP contribution in [0.4, 0.5) is 11.4 Å². The maximum absolute atomic E-state index is 9.52. The van der Waals surface area contributed by atoms with E-state index in [-0.39, 0.29) is 12.1 Å². The fourth-order valence-corrected chi connectivity index (χ4v) is 2.93. The number of likely N-dealkylation sites (tertiary alicyclic amines) is 1. The molecule has 6 nitrogen and oxygen atoms in total. The number of hydrogen-bond donors (Lipinski definition) is 1. The third-order valence-electron chi connectivity index (χ3n) is 4.04. The van der Waals surface area contributed by atoms with Gasteiger partial charge in [0, 0.05) is 27.2 Å². The number of likely N-dealkylation sites (N-methyl/N-ethyl adjacent to an activating group) is 1. The Morgan fingerprint density at radius 1 is 1.50 bits per heavy atom. The normalized spacial score (nSPS) is 23.9. The number of rotatable bonds is 2. The molecule has 0 aromatic heterocycles. The van der Waals surface area contributed by atoms with E-state index in [0.717, 1.165) is 25.2 Å². The summed E-state index contributed by atoms with van der Waals surface area (Å²) < 4.78 is 6.15. The van der Waals surface area contributed by atoms with E-state index in [9.17, 15) is 5.26 Å². The summed E-state index contributed by atoms with van der Waals surface area (Å²) >= 11 is 0. The van der Waals surface area contributed by atoms with Gasteiger partial charge in [-0.05, 0) is 25.6 Å². The highest BCUT2D eigenvalue weighted by Crippen LogP contribution is 2.40. The number of ether oxygens (including phenoxy) is 1. The van der Waals surface area contributed by atoms with Crippen LogP contribution in [0.1, 0.15) is 12.0 Å². The van der Waals surface area contributed by atoms with E-state index < -0.39 is 0 Å². The van der Waals surface area contributed by atoms with Gasteiger partial charge >= 0.3 is 0 Å². The number of hydrogen-bond acceptors (Lipinski definition) is 5. The van der Waals surface area contributed by atoms with Crippen LogP contribution in [0.15, 0.2) is 17.1 Å². The molecule has 0 saturated carbocycles. The van der Waals surface area contributed by atoms with E-state index in [1.165, 1.54) is 0 Å². The highest BCUT2D eigenvalue weighted by Gasteiger charge is 2.35. The molecule has 1 N–H and O–H groups in total. The molecule has 6 heteroatoms. The highest BCUT2D eigenvalue weighted by molar-refractivity contribution is 5.75. The molecule has 0 bridgehead atoms. The minimum absolute atomic E-state index is 0.115. The molecule has 2 atom stereocenters. The third-order valence-corrected chi connectivity index (χ3v) is 4.04. The molecule has 2 aliphatic heterocycles. The van der Waals surface area contributed by atoms with Crippen LogP contribution in [0.5, 0.6) is 5.75 Å². The summed E-state index contributed by atoms with van der Waals surface area (Å²) in [6.45, 7) is 1.96. The lowest BCUT2D eigenvalue weighted by atomic mass is 9.98. The van der Waals surface area contributed by atoms with Crippen LogP contribution in [-0.2, 0) is 0 Å². The molecular weight excluding hydrogens is 278 g/mol. The van der Waals surface area contributed by atoms with Crippen LogP contribution in [0.25, 0.3) is 0 Å². The molecule has 2 aliphatic rings. The largest absolute Gasteiger partial charge is 0.485 e. The van der Waals surface area contributed by atoms with Gasteiger partial charge in [0.2, 0.25) is 0 Å². The average molecular weight is 299 g/mol. The summed E-state index contributed by atoms with van der Waals surface area (Å²) in [5.74, 6) is 0.640. The molecule has 0 radical (unpaired) electrons. The smallest absolute Gasteiger partial charge is 0.162 e. The van der Waals surface area contributed by atoms with Gasteiger partial charge in [-0.1, -0.05) is 0 Å². The molecule has 0 aliphatic carbocycles. The minimum atomic E-state index is 0.115. The fraction of sp³-hybridized carbons (Fsp3) is 0.500. The maximum atomic E-state index is 9.52. The SMILES string of the molecule is CN(C)C=Nc1ccc2c(c1C#N)O[C@@H]1CCN(C)C[C@H]1N2. The highest BCUT2D eigenvalue weighted by atomic mass is 16.5. The number of aliphatic imine (C=N–C) groups is 1. The van der Waals surface area contributed by atoms with Crippen LogP contribution < -0.4 is 10.1 Å². The first-order valence-corrected chi connectivity index (χ1v) is 7.48. The van der Waals surface area contributed by atoms with Crippen LogP contribution in [0.3, 0.4) is 0 Å². The van der Waals surface area contributed by atoms with Gasteiger partial charge in [-0.15, -0.1) is 0 Å². The van der Waals surface area contributed by atoms with E-state index in [1.54, 1.807) is 6.34 Å². The zero-order valence-electron chi connectivity index (χ0n) is 13.2. The van der Waals surface area contributed by atoms with Gasteiger partial charge in [-0.2, -0.15) is 5.26 Å². The molecule has 0 amide bonds. The lowest BCUT2D eigenvalue weighted by Gasteiger charge is -2.41. The predicted molar refractivity (Wildman–Crippen MR) is 86.9 cm³/mol. The monoisotopic (exact) mass is 299 g/mol. The van der Waals surface area contributed by atoms with Gasteiger partial charge in [-0.25, -0.2) is 4.99 Å². The van der Waals surface area contributed by atoms with E-state index in [0.29, 0.717) is 17.0 Å². The summed E-state index contributed by atoms with van der Waals surface area (Å²) in [5, 5.41) is 13.0. The average Bonchev–Trinajstić information content (AvgIpc) is 2.50. The molecule has 1 aromatic carbocycles. The van der Waals surface area contributed by atoms with E-state index in [1.807, 2.05) is 31.1 Å². The summed E-state index contributed by atoms with van der Waals surface area (Å²) in [4.78, 5) is 8.50. The second kappa shape index (κ2) is 5.85. The zero-order valence-corrected chi connectivity index (χ0v) is 13.2. The Labute approximate surface area is 131 Å². The Hall–Kier alpha value is -2.26. The molecule has 116 valence electrons. The summed E-state index contributed by atoms with van der Waals surface area (Å²) in [5.41, 5.74) is 2.03. The Balaban J connectivity index is 1.95. The fourth-order valence-electron chi connectivity index (χ4n) is 2.93. The maximum Gasteiger partial charge on any atom is 0.162 e. The van der Waals surface area contributed by atoms with Crippen molar-refractivity contribution in [3.05, 3.63) is 17.7 Å². The first-order valence-electron chi connectivity index (χ1n) is 7.48. The van der Waals surface area contributed by atoms with Crippen molar-refractivity contribution in [2.24, 2.45) is 4.99 Å². The molecule has 1 fully saturated rings. The van der Waals surface area contributed by atoms with Gasteiger partial charge in [0.25, 0.3) is 0 Å². The predicted octanol–water partition coefficient (Wildman–Crippen LogP) is 1.66. The Bertz CT molecular complexity index is 634. The van der Waals surface area contributed by atoms with Crippen LogP contribution in [0, 0.1) is 11.3 Å². The van der Waals surface area contributed by atoms with Gasteiger partial charge in [-0.3, -0.25) is 0 Å². The van der Waals surface area contributed by atoms with Crippen molar-refractivity contribution in [1.82, 2.24) is 9.80 Å². The van der Waals surface area contributed by atoms with Crippen molar-refractivity contribution in [3.8, 4) is 11.8 Å². The lowest BCUT2D eigenvalue weighted by Crippen LogP contribution is -2.53. The number of fused-ring (bicyclic) bond motifs is 2. The van der Waals surface area contributed by atoms with Crippen molar-refractivity contribution in [3.63, 3.8) is 0 Å². The minimum Gasteiger partial charge on any atom is -0.485 e. The molecule has 3 rings (SSSR count). The van der Waals surface area contributed by atoms with E-state index >= 15 is 0 Å². The molecule has 0 unspecified atom stereocenters. The number of piperidine rings is 1. The van der Waals surface area contributed by atoms with Crippen LogP contribution >= 0.6 is 0 Å². The summed E-state index contributed by atoms with van der Waals surface area (Å²) in [7, 11) is 5.91. The van der Waals surface area contributed by atoms with Crippen molar-refractivity contribution in [2.45, 2.75) is 18.6 Å². The number of benzene rings is 1. The molecular formula is C16H21N5O. The molecule has 2 heterocycles. The van der Waals surface area contributed by atoms with Gasteiger partial charge in [0.15, 0.2) is 5.75 Å². The van der Waals surface area contributed by atoms with Crippen molar-refractivity contribution < 1.29 is 4.74 Å². The zero-order chi connectivity index (χ0) is 15.7. The number of nitriles is 1.